The molecule has 3 rings (SSSR count). The average molecular weight is 357 g/mol. The Morgan fingerprint density at radius 2 is 1.76 bits per heavy atom. The molecule has 2 amide bonds. The van der Waals surface area contributed by atoms with Crippen LogP contribution in [0.15, 0.2) is 42.5 Å². The number of carbonyl (C=O) groups is 2. The van der Waals surface area contributed by atoms with Gasteiger partial charge < -0.3 is 10.6 Å². The number of rotatable bonds is 5. The van der Waals surface area contributed by atoms with Crippen molar-refractivity contribution in [2.75, 3.05) is 10.6 Å². The van der Waals surface area contributed by atoms with Crippen LogP contribution >= 0.6 is 11.6 Å². The largest absolute Gasteiger partial charge is 0.325 e. The van der Waals surface area contributed by atoms with Crippen LogP contribution in [0.4, 0.5) is 11.4 Å². The minimum atomic E-state index is -0.988. The van der Waals surface area contributed by atoms with E-state index in [0.29, 0.717) is 23.6 Å². The second-order valence-corrected chi connectivity index (χ2v) is 6.87. The number of aryl methyl sites for hydroxylation is 2. The number of hydrogen-bond donors (Lipinski definition) is 2. The second-order valence-electron chi connectivity index (χ2n) is 6.47. The maximum Gasteiger partial charge on any atom is 0.240 e. The monoisotopic (exact) mass is 356 g/mol. The van der Waals surface area contributed by atoms with Crippen LogP contribution in [0, 0.1) is 12.3 Å². The summed E-state index contributed by atoms with van der Waals surface area (Å²) < 4.78 is 0. The van der Waals surface area contributed by atoms with Crippen molar-refractivity contribution in [3.05, 3.63) is 58.6 Å². The van der Waals surface area contributed by atoms with Crippen molar-refractivity contribution >= 4 is 34.8 Å². The fourth-order valence-electron chi connectivity index (χ4n) is 2.80. The number of amides is 2. The predicted octanol–water partition coefficient (Wildman–Crippen LogP) is 4.57. The minimum Gasteiger partial charge on any atom is -0.325 e. The van der Waals surface area contributed by atoms with E-state index in [1.165, 1.54) is 0 Å². The van der Waals surface area contributed by atoms with E-state index in [9.17, 15) is 9.59 Å². The van der Waals surface area contributed by atoms with Gasteiger partial charge in [-0.2, -0.15) is 0 Å². The molecule has 0 unspecified atom stereocenters. The molecule has 1 fully saturated rings. The SMILES string of the molecule is CCc1ccccc1NC(=O)C1(C(=O)Nc2ccc(C)c(Cl)c2)CC1. The Kier molecular flexibility index (Phi) is 4.82. The van der Waals surface area contributed by atoms with Crippen LogP contribution in [0.5, 0.6) is 0 Å². The molecule has 2 aromatic carbocycles. The number of para-hydroxylation sites is 1. The maximum absolute atomic E-state index is 12.7. The Morgan fingerprint density at radius 3 is 2.40 bits per heavy atom. The van der Waals surface area contributed by atoms with E-state index in [1.54, 1.807) is 12.1 Å². The van der Waals surface area contributed by atoms with Gasteiger partial charge in [0.2, 0.25) is 11.8 Å². The molecule has 0 heterocycles. The number of nitrogens with one attached hydrogen (secondary N) is 2. The van der Waals surface area contributed by atoms with E-state index >= 15 is 0 Å². The summed E-state index contributed by atoms with van der Waals surface area (Å²) in [6.07, 6.45) is 1.93. The van der Waals surface area contributed by atoms with Gasteiger partial charge in [0.1, 0.15) is 5.41 Å². The first-order chi connectivity index (χ1) is 12.0. The predicted molar refractivity (Wildman–Crippen MR) is 101 cm³/mol. The molecule has 1 saturated carbocycles. The molecule has 2 N–H and O–H groups in total. The molecule has 25 heavy (non-hydrogen) atoms. The first-order valence-electron chi connectivity index (χ1n) is 8.43. The Labute approximate surface area is 152 Å². The molecule has 0 spiro atoms. The van der Waals surface area contributed by atoms with E-state index in [2.05, 4.69) is 10.6 Å². The average Bonchev–Trinajstić information content (AvgIpc) is 3.40. The lowest BCUT2D eigenvalue weighted by Gasteiger charge is -2.17. The smallest absolute Gasteiger partial charge is 0.240 e. The summed E-state index contributed by atoms with van der Waals surface area (Å²) in [4.78, 5) is 25.4. The van der Waals surface area contributed by atoms with Gasteiger partial charge in [-0.05, 0) is 55.5 Å². The number of carbonyl (C=O) groups excluding carboxylic acids is 2. The van der Waals surface area contributed by atoms with E-state index in [-0.39, 0.29) is 11.8 Å². The minimum absolute atomic E-state index is 0.246. The highest BCUT2D eigenvalue weighted by molar-refractivity contribution is 6.31. The quantitative estimate of drug-likeness (QED) is 0.771. The van der Waals surface area contributed by atoms with Crippen LogP contribution in [0.25, 0.3) is 0 Å². The summed E-state index contributed by atoms with van der Waals surface area (Å²) in [7, 11) is 0. The van der Waals surface area contributed by atoms with Gasteiger partial charge in [-0.3, -0.25) is 9.59 Å². The molecular formula is C20H21ClN2O2. The fourth-order valence-corrected chi connectivity index (χ4v) is 2.98. The van der Waals surface area contributed by atoms with Crippen molar-refractivity contribution in [3.63, 3.8) is 0 Å². The van der Waals surface area contributed by atoms with Crippen molar-refractivity contribution in [2.24, 2.45) is 5.41 Å². The molecule has 0 aliphatic heterocycles. The summed E-state index contributed by atoms with van der Waals surface area (Å²) in [5.41, 5.74) is 2.38. The molecule has 5 heteroatoms. The lowest BCUT2D eigenvalue weighted by atomic mass is 10.0. The summed E-state index contributed by atoms with van der Waals surface area (Å²) >= 11 is 6.10. The number of benzene rings is 2. The van der Waals surface area contributed by atoms with E-state index in [0.717, 1.165) is 23.2 Å². The van der Waals surface area contributed by atoms with Gasteiger partial charge in [-0.15, -0.1) is 0 Å². The maximum atomic E-state index is 12.7. The third-order valence-corrected chi connectivity index (χ3v) is 5.10. The van der Waals surface area contributed by atoms with Crippen LogP contribution in [-0.4, -0.2) is 11.8 Å². The molecule has 1 aliphatic rings. The van der Waals surface area contributed by atoms with Crippen LogP contribution < -0.4 is 10.6 Å². The first-order valence-corrected chi connectivity index (χ1v) is 8.81. The molecule has 0 bridgehead atoms. The van der Waals surface area contributed by atoms with Crippen LogP contribution in [-0.2, 0) is 16.0 Å². The normalized spacial score (nSPS) is 14.7. The standard InChI is InChI=1S/C20H21ClN2O2/c1-3-14-6-4-5-7-17(14)23-19(25)20(10-11-20)18(24)22-15-9-8-13(2)16(21)12-15/h4-9,12H,3,10-11H2,1-2H3,(H,22,24)(H,23,25). The van der Waals surface area contributed by atoms with Crippen molar-refractivity contribution in [2.45, 2.75) is 33.1 Å². The Balaban J connectivity index is 1.73. The van der Waals surface area contributed by atoms with Crippen molar-refractivity contribution in [3.8, 4) is 0 Å². The Morgan fingerprint density at radius 1 is 1.08 bits per heavy atom. The number of halogens is 1. The molecule has 0 radical (unpaired) electrons. The molecule has 0 saturated heterocycles. The highest BCUT2D eigenvalue weighted by Gasteiger charge is 2.56. The van der Waals surface area contributed by atoms with Crippen molar-refractivity contribution in [1.82, 2.24) is 0 Å². The second kappa shape index (κ2) is 6.89. The Bertz CT molecular complexity index is 828. The molecule has 0 aromatic heterocycles. The van der Waals surface area contributed by atoms with Gasteiger partial charge in [-0.1, -0.05) is 42.8 Å². The molecule has 1 aliphatic carbocycles. The van der Waals surface area contributed by atoms with Gasteiger partial charge in [0, 0.05) is 16.4 Å². The molecule has 4 nitrogen and oxygen atoms in total. The van der Waals surface area contributed by atoms with Crippen molar-refractivity contribution in [1.29, 1.82) is 0 Å². The van der Waals surface area contributed by atoms with Gasteiger partial charge in [0.05, 0.1) is 0 Å². The summed E-state index contributed by atoms with van der Waals surface area (Å²) in [6.45, 7) is 3.93. The zero-order valence-electron chi connectivity index (χ0n) is 14.4. The molecule has 0 atom stereocenters. The van der Waals surface area contributed by atoms with E-state index in [1.807, 2.05) is 44.2 Å². The number of hydrogen-bond acceptors (Lipinski definition) is 2. The van der Waals surface area contributed by atoms with Gasteiger partial charge in [0.15, 0.2) is 0 Å². The van der Waals surface area contributed by atoms with Crippen LogP contribution in [0.1, 0.15) is 30.9 Å². The summed E-state index contributed by atoms with van der Waals surface area (Å²) in [5, 5.41) is 6.34. The number of anilines is 2. The summed E-state index contributed by atoms with van der Waals surface area (Å²) in [6, 6.07) is 13.0. The zero-order chi connectivity index (χ0) is 18.0. The highest BCUT2D eigenvalue weighted by atomic mass is 35.5. The zero-order valence-corrected chi connectivity index (χ0v) is 15.1. The lowest BCUT2D eigenvalue weighted by molar-refractivity contribution is -0.131. The fraction of sp³-hybridized carbons (Fsp3) is 0.300. The molecule has 2 aromatic rings. The summed E-state index contributed by atoms with van der Waals surface area (Å²) in [5.74, 6) is -0.525. The van der Waals surface area contributed by atoms with Gasteiger partial charge in [-0.25, -0.2) is 0 Å². The van der Waals surface area contributed by atoms with E-state index in [4.69, 9.17) is 11.6 Å². The lowest BCUT2D eigenvalue weighted by Crippen LogP contribution is -2.35. The van der Waals surface area contributed by atoms with Gasteiger partial charge in [0.25, 0.3) is 0 Å². The topological polar surface area (TPSA) is 58.2 Å². The molecule has 130 valence electrons. The first kappa shape index (κ1) is 17.5. The molecular weight excluding hydrogens is 336 g/mol. The Hall–Kier alpha value is -2.33. The van der Waals surface area contributed by atoms with Crippen molar-refractivity contribution < 1.29 is 9.59 Å². The third-order valence-electron chi connectivity index (χ3n) is 4.70. The van der Waals surface area contributed by atoms with Crippen LogP contribution in [0.2, 0.25) is 5.02 Å². The van der Waals surface area contributed by atoms with Gasteiger partial charge >= 0.3 is 0 Å². The van der Waals surface area contributed by atoms with Crippen LogP contribution in [0.3, 0.4) is 0 Å². The third kappa shape index (κ3) is 3.54. The highest BCUT2D eigenvalue weighted by Crippen LogP contribution is 2.47. The van der Waals surface area contributed by atoms with E-state index < -0.39 is 5.41 Å².